The zero-order valence-electron chi connectivity index (χ0n) is 15.2. The van der Waals surface area contributed by atoms with Crippen LogP contribution in [0, 0.1) is 17.0 Å². The van der Waals surface area contributed by atoms with E-state index in [4.69, 9.17) is 4.74 Å². The highest BCUT2D eigenvalue weighted by atomic mass is 16.6. The molecule has 2 aromatic carbocycles. The van der Waals surface area contributed by atoms with E-state index in [0.717, 1.165) is 0 Å². The molecule has 146 valence electrons. The van der Waals surface area contributed by atoms with Gasteiger partial charge in [0.2, 0.25) is 5.88 Å². The number of carbonyl (C=O) groups is 2. The number of nitrogens with one attached hydrogen (secondary N) is 2. The Hall–Kier alpha value is -4.34. The zero-order valence-corrected chi connectivity index (χ0v) is 15.2. The van der Waals surface area contributed by atoms with Gasteiger partial charge in [-0.2, -0.15) is 0 Å². The van der Waals surface area contributed by atoms with E-state index in [1.165, 1.54) is 42.9 Å². The van der Waals surface area contributed by atoms with Crippen molar-refractivity contribution in [1.82, 2.24) is 15.3 Å². The van der Waals surface area contributed by atoms with E-state index in [-0.39, 0.29) is 11.3 Å². The summed E-state index contributed by atoms with van der Waals surface area (Å²) in [5.74, 6) is -0.0364. The van der Waals surface area contributed by atoms with Crippen molar-refractivity contribution in [2.75, 3.05) is 5.32 Å². The zero-order chi connectivity index (χ0) is 20.8. The number of benzene rings is 2. The third-order valence-corrected chi connectivity index (χ3v) is 3.76. The molecule has 29 heavy (non-hydrogen) atoms. The molecule has 1 heterocycles. The molecule has 0 spiro atoms. The van der Waals surface area contributed by atoms with Gasteiger partial charge in [0.05, 0.1) is 11.1 Å². The van der Waals surface area contributed by atoms with Crippen LogP contribution in [0.15, 0.2) is 61.1 Å². The predicted octanol–water partition coefficient (Wildman–Crippen LogP) is 3.45. The number of rotatable bonds is 5. The van der Waals surface area contributed by atoms with Crippen molar-refractivity contribution < 1.29 is 19.2 Å². The highest BCUT2D eigenvalue weighted by molar-refractivity contribution is 6.09. The molecule has 0 aliphatic heterocycles. The van der Waals surface area contributed by atoms with Crippen LogP contribution in [0.4, 0.5) is 16.2 Å². The molecule has 0 fully saturated rings. The number of aromatic nitrogens is 2. The molecular weight excluding hydrogens is 378 g/mol. The van der Waals surface area contributed by atoms with Crippen LogP contribution in [-0.4, -0.2) is 26.8 Å². The van der Waals surface area contributed by atoms with E-state index < -0.39 is 16.9 Å². The molecule has 0 bridgehead atoms. The number of anilines is 1. The summed E-state index contributed by atoms with van der Waals surface area (Å²) < 4.78 is 5.61. The third-order valence-electron chi connectivity index (χ3n) is 3.76. The van der Waals surface area contributed by atoms with Crippen molar-refractivity contribution in [2.24, 2.45) is 0 Å². The SMILES string of the molecule is Cc1cc(NC(=O)NC(=O)c2ccccc2[N+](=O)[O-])ccc1Oc1cnccn1. The highest BCUT2D eigenvalue weighted by Crippen LogP contribution is 2.25. The molecule has 0 aliphatic carbocycles. The summed E-state index contributed by atoms with van der Waals surface area (Å²) in [4.78, 5) is 42.5. The lowest BCUT2D eigenvalue weighted by Crippen LogP contribution is -2.34. The van der Waals surface area contributed by atoms with Gasteiger partial charge >= 0.3 is 6.03 Å². The number of imide groups is 1. The Balaban J connectivity index is 1.66. The number of nitro groups is 1. The van der Waals surface area contributed by atoms with E-state index >= 15 is 0 Å². The molecule has 1 aromatic heterocycles. The topological polar surface area (TPSA) is 136 Å². The number of aryl methyl sites for hydroxylation is 1. The van der Waals surface area contributed by atoms with E-state index in [1.54, 1.807) is 25.1 Å². The standard InChI is InChI=1S/C19H15N5O5/c1-12-10-13(6-7-16(12)29-17-11-20-8-9-21-17)22-19(26)23-18(25)14-4-2-3-5-15(14)24(27)28/h2-11H,1H3,(H2,22,23,25,26). The van der Waals surface area contributed by atoms with Gasteiger partial charge in [-0.25, -0.2) is 9.78 Å². The summed E-state index contributed by atoms with van der Waals surface area (Å²) >= 11 is 0. The van der Waals surface area contributed by atoms with Crippen LogP contribution in [-0.2, 0) is 0 Å². The summed E-state index contributed by atoms with van der Waals surface area (Å²) in [5, 5.41) is 15.6. The molecule has 0 atom stereocenters. The number of carbonyl (C=O) groups excluding carboxylic acids is 2. The fraction of sp³-hybridized carbons (Fsp3) is 0.0526. The molecule has 10 heteroatoms. The lowest BCUT2D eigenvalue weighted by Gasteiger charge is -2.11. The summed E-state index contributed by atoms with van der Waals surface area (Å²) in [7, 11) is 0. The number of nitrogens with zero attached hydrogens (tertiary/aromatic N) is 3. The lowest BCUT2D eigenvalue weighted by atomic mass is 10.1. The summed E-state index contributed by atoms with van der Waals surface area (Å²) in [6.45, 7) is 1.77. The van der Waals surface area contributed by atoms with Gasteiger partial charge in [0.25, 0.3) is 11.6 Å². The van der Waals surface area contributed by atoms with Gasteiger partial charge in [0, 0.05) is 24.1 Å². The number of para-hydroxylation sites is 1. The molecule has 0 unspecified atom stereocenters. The van der Waals surface area contributed by atoms with Crippen molar-refractivity contribution >= 4 is 23.3 Å². The second-order valence-electron chi connectivity index (χ2n) is 5.81. The Kier molecular flexibility index (Phi) is 5.74. The van der Waals surface area contributed by atoms with E-state index in [2.05, 4.69) is 20.6 Å². The number of ether oxygens (including phenoxy) is 1. The Morgan fingerprint density at radius 3 is 2.62 bits per heavy atom. The Labute approximate surface area is 164 Å². The van der Waals surface area contributed by atoms with Crippen LogP contribution in [0.3, 0.4) is 0 Å². The van der Waals surface area contributed by atoms with Gasteiger partial charge in [0.15, 0.2) is 0 Å². The lowest BCUT2D eigenvalue weighted by molar-refractivity contribution is -0.385. The maximum atomic E-state index is 12.2. The number of hydrogen-bond acceptors (Lipinski definition) is 7. The second kappa shape index (κ2) is 8.57. The first-order valence-corrected chi connectivity index (χ1v) is 8.34. The minimum Gasteiger partial charge on any atom is -0.437 e. The minimum atomic E-state index is -0.880. The molecule has 0 saturated heterocycles. The normalized spacial score (nSPS) is 10.1. The second-order valence-corrected chi connectivity index (χ2v) is 5.81. The molecular formula is C19H15N5O5. The third kappa shape index (κ3) is 4.89. The van der Waals surface area contributed by atoms with Crippen molar-refractivity contribution in [3.05, 3.63) is 82.3 Å². The summed E-state index contributed by atoms with van der Waals surface area (Å²) in [5.41, 5.74) is 0.510. The van der Waals surface area contributed by atoms with E-state index in [1.807, 2.05) is 0 Å². The van der Waals surface area contributed by atoms with Gasteiger partial charge < -0.3 is 10.1 Å². The molecule has 10 nitrogen and oxygen atoms in total. The van der Waals surface area contributed by atoms with E-state index in [9.17, 15) is 19.7 Å². The molecule has 0 aliphatic rings. The minimum absolute atomic E-state index is 0.212. The quantitative estimate of drug-likeness (QED) is 0.500. The van der Waals surface area contributed by atoms with Gasteiger partial charge in [-0.15, -0.1) is 0 Å². The van der Waals surface area contributed by atoms with Crippen molar-refractivity contribution in [3.63, 3.8) is 0 Å². The van der Waals surface area contributed by atoms with E-state index in [0.29, 0.717) is 22.9 Å². The Morgan fingerprint density at radius 2 is 1.93 bits per heavy atom. The Bertz CT molecular complexity index is 1070. The van der Waals surface area contributed by atoms with Gasteiger partial charge in [-0.05, 0) is 36.8 Å². The summed E-state index contributed by atoms with van der Waals surface area (Å²) in [6.07, 6.45) is 4.49. The number of hydrogen-bond donors (Lipinski definition) is 2. The first-order chi connectivity index (χ1) is 13.9. The van der Waals surface area contributed by atoms with Gasteiger partial charge in [-0.3, -0.25) is 25.2 Å². The average Bonchev–Trinajstić information content (AvgIpc) is 2.70. The molecule has 3 rings (SSSR count). The predicted molar refractivity (Wildman–Crippen MR) is 103 cm³/mol. The number of amides is 3. The van der Waals surface area contributed by atoms with Crippen LogP contribution in [0.25, 0.3) is 0 Å². The largest absolute Gasteiger partial charge is 0.437 e. The van der Waals surface area contributed by atoms with Crippen LogP contribution in [0.2, 0.25) is 0 Å². The Morgan fingerprint density at radius 1 is 1.14 bits per heavy atom. The van der Waals surface area contributed by atoms with Crippen LogP contribution in [0.5, 0.6) is 11.6 Å². The molecule has 3 amide bonds. The molecule has 0 radical (unpaired) electrons. The first-order valence-electron chi connectivity index (χ1n) is 8.34. The molecule has 0 saturated carbocycles. The van der Waals surface area contributed by atoms with Crippen LogP contribution < -0.4 is 15.4 Å². The monoisotopic (exact) mass is 393 g/mol. The van der Waals surface area contributed by atoms with Crippen LogP contribution in [0.1, 0.15) is 15.9 Å². The fourth-order valence-electron chi connectivity index (χ4n) is 2.45. The number of nitro benzene ring substituents is 1. The summed E-state index contributed by atoms with van der Waals surface area (Å²) in [6, 6.07) is 9.38. The maximum absolute atomic E-state index is 12.2. The maximum Gasteiger partial charge on any atom is 0.326 e. The molecule has 3 aromatic rings. The smallest absolute Gasteiger partial charge is 0.326 e. The van der Waals surface area contributed by atoms with Crippen molar-refractivity contribution in [3.8, 4) is 11.6 Å². The fourth-order valence-corrected chi connectivity index (χ4v) is 2.45. The highest BCUT2D eigenvalue weighted by Gasteiger charge is 2.20. The van der Waals surface area contributed by atoms with Crippen molar-refractivity contribution in [1.29, 1.82) is 0 Å². The first kappa shape index (κ1) is 19.4. The average molecular weight is 393 g/mol. The molecule has 2 N–H and O–H groups in total. The van der Waals surface area contributed by atoms with Gasteiger partial charge in [0.1, 0.15) is 11.3 Å². The number of urea groups is 1. The van der Waals surface area contributed by atoms with Crippen LogP contribution >= 0.6 is 0 Å². The van der Waals surface area contributed by atoms with Gasteiger partial charge in [-0.1, -0.05) is 12.1 Å². The van der Waals surface area contributed by atoms with Crippen molar-refractivity contribution in [2.45, 2.75) is 6.92 Å².